The zero-order chi connectivity index (χ0) is 14.3. The molecule has 2 unspecified atom stereocenters. The molecule has 3 heteroatoms. The fourth-order valence-corrected chi connectivity index (χ4v) is 4.32. The number of rotatable bonds is 3. The molecule has 0 amide bonds. The van der Waals surface area contributed by atoms with Crippen LogP contribution in [-0.4, -0.2) is 25.2 Å². The second kappa shape index (κ2) is 5.69. The van der Waals surface area contributed by atoms with Crippen molar-refractivity contribution in [3.63, 3.8) is 0 Å². The third-order valence-electron chi connectivity index (χ3n) is 4.86. The number of anilines is 1. The summed E-state index contributed by atoms with van der Waals surface area (Å²) in [6.45, 7) is 9.10. The highest BCUT2D eigenvalue weighted by Gasteiger charge is 2.37. The molecular weight excluding hydrogens is 312 g/mol. The van der Waals surface area contributed by atoms with Gasteiger partial charge in [-0.15, -0.1) is 0 Å². The lowest BCUT2D eigenvalue weighted by atomic mass is 9.99. The topological polar surface area (TPSA) is 15.3 Å². The van der Waals surface area contributed by atoms with E-state index in [-0.39, 0.29) is 0 Å². The van der Waals surface area contributed by atoms with Crippen molar-refractivity contribution in [1.29, 1.82) is 0 Å². The Hall–Kier alpha value is -0.540. The van der Waals surface area contributed by atoms with Crippen molar-refractivity contribution in [2.75, 3.05) is 18.0 Å². The van der Waals surface area contributed by atoms with E-state index in [1.54, 1.807) is 0 Å². The van der Waals surface area contributed by atoms with Gasteiger partial charge in [0.15, 0.2) is 0 Å². The predicted octanol–water partition coefficient (Wildman–Crippen LogP) is 4.03. The summed E-state index contributed by atoms with van der Waals surface area (Å²) in [5, 5.41) is 3.78. The average Bonchev–Trinajstić information content (AvgIpc) is 3.21. The molecule has 1 N–H and O–H groups in total. The smallest absolute Gasteiger partial charge is 0.0429 e. The van der Waals surface area contributed by atoms with Gasteiger partial charge in [-0.3, -0.25) is 0 Å². The van der Waals surface area contributed by atoms with Crippen LogP contribution in [0.4, 0.5) is 5.69 Å². The molecule has 1 aliphatic carbocycles. The van der Waals surface area contributed by atoms with Crippen LogP contribution < -0.4 is 10.2 Å². The van der Waals surface area contributed by atoms with Crippen LogP contribution in [0.25, 0.3) is 0 Å². The highest BCUT2D eigenvalue weighted by molar-refractivity contribution is 9.10. The molecule has 2 nitrogen and oxygen atoms in total. The van der Waals surface area contributed by atoms with Gasteiger partial charge in [0, 0.05) is 35.3 Å². The van der Waals surface area contributed by atoms with Crippen LogP contribution >= 0.6 is 15.9 Å². The molecule has 1 aromatic rings. The van der Waals surface area contributed by atoms with Gasteiger partial charge in [0.05, 0.1) is 0 Å². The van der Waals surface area contributed by atoms with Gasteiger partial charge < -0.3 is 10.2 Å². The maximum atomic E-state index is 3.78. The first-order chi connectivity index (χ1) is 9.60. The lowest BCUT2D eigenvalue weighted by molar-refractivity contribution is 0.359. The monoisotopic (exact) mass is 336 g/mol. The summed E-state index contributed by atoms with van der Waals surface area (Å²) < 4.78 is 1.19. The van der Waals surface area contributed by atoms with E-state index in [2.05, 4.69) is 59.1 Å². The molecule has 2 aliphatic rings. The Kier molecular flexibility index (Phi) is 4.09. The number of halogens is 1. The van der Waals surface area contributed by atoms with Crippen molar-refractivity contribution in [2.45, 2.75) is 52.1 Å². The Morgan fingerprint density at radius 2 is 1.90 bits per heavy atom. The van der Waals surface area contributed by atoms with E-state index < -0.39 is 0 Å². The number of aryl methyl sites for hydroxylation is 2. The van der Waals surface area contributed by atoms with Gasteiger partial charge in [-0.05, 0) is 62.3 Å². The minimum atomic E-state index is 0.628. The Morgan fingerprint density at radius 3 is 2.45 bits per heavy atom. The molecule has 1 aliphatic heterocycles. The van der Waals surface area contributed by atoms with E-state index in [1.165, 1.54) is 47.1 Å². The molecule has 0 spiro atoms. The second-order valence-corrected chi connectivity index (χ2v) is 7.37. The minimum absolute atomic E-state index is 0.628. The number of nitrogens with zero attached hydrogens (tertiary/aromatic N) is 1. The molecule has 1 heterocycles. The maximum Gasteiger partial charge on any atom is 0.0429 e. The Balaban J connectivity index is 1.92. The van der Waals surface area contributed by atoms with Crippen LogP contribution in [0.3, 0.4) is 0 Å². The third-order valence-corrected chi connectivity index (χ3v) is 5.31. The largest absolute Gasteiger partial charge is 0.365 e. The van der Waals surface area contributed by atoms with Crippen LogP contribution in [0.5, 0.6) is 0 Å². The minimum Gasteiger partial charge on any atom is -0.365 e. The van der Waals surface area contributed by atoms with E-state index in [0.29, 0.717) is 12.1 Å². The number of benzene rings is 1. The molecule has 110 valence electrons. The van der Waals surface area contributed by atoms with Gasteiger partial charge in [0.1, 0.15) is 0 Å². The molecule has 2 fully saturated rings. The van der Waals surface area contributed by atoms with Crippen LogP contribution in [0.2, 0.25) is 0 Å². The van der Waals surface area contributed by atoms with Crippen molar-refractivity contribution in [3.8, 4) is 0 Å². The number of hydrogen-bond donors (Lipinski definition) is 1. The fraction of sp³-hybridized carbons (Fsp3) is 0.647. The van der Waals surface area contributed by atoms with Crippen molar-refractivity contribution in [2.24, 2.45) is 5.92 Å². The van der Waals surface area contributed by atoms with E-state index in [1.807, 2.05) is 0 Å². The zero-order valence-electron chi connectivity index (χ0n) is 12.7. The lowest BCUT2D eigenvalue weighted by Crippen LogP contribution is -2.57. The van der Waals surface area contributed by atoms with Gasteiger partial charge in [-0.2, -0.15) is 0 Å². The number of piperazine rings is 1. The van der Waals surface area contributed by atoms with Crippen LogP contribution in [0, 0.1) is 19.8 Å². The summed E-state index contributed by atoms with van der Waals surface area (Å²) in [6, 6.07) is 5.83. The van der Waals surface area contributed by atoms with Gasteiger partial charge in [-0.1, -0.05) is 22.9 Å². The maximum absolute atomic E-state index is 3.78. The van der Waals surface area contributed by atoms with Crippen molar-refractivity contribution in [1.82, 2.24) is 5.32 Å². The zero-order valence-corrected chi connectivity index (χ0v) is 14.3. The normalized spacial score (nSPS) is 26.9. The fourth-order valence-electron chi connectivity index (χ4n) is 3.63. The Bertz CT molecular complexity index is 473. The highest BCUT2D eigenvalue weighted by Crippen LogP contribution is 2.37. The van der Waals surface area contributed by atoms with Crippen molar-refractivity contribution < 1.29 is 0 Å². The molecule has 0 aromatic heterocycles. The summed E-state index contributed by atoms with van der Waals surface area (Å²) >= 11 is 3.62. The molecule has 1 saturated heterocycles. The molecule has 0 bridgehead atoms. The molecule has 1 aromatic carbocycles. The molecule has 2 atom stereocenters. The molecule has 3 rings (SSSR count). The van der Waals surface area contributed by atoms with Gasteiger partial charge in [0.2, 0.25) is 0 Å². The summed E-state index contributed by atoms with van der Waals surface area (Å²) in [5.41, 5.74) is 4.26. The second-order valence-electron chi connectivity index (χ2n) is 6.45. The quantitative estimate of drug-likeness (QED) is 0.896. The summed E-state index contributed by atoms with van der Waals surface area (Å²) in [5.74, 6) is 0.923. The van der Waals surface area contributed by atoms with Gasteiger partial charge in [0.25, 0.3) is 0 Å². The van der Waals surface area contributed by atoms with Gasteiger partial charge >= 0.3 is 0 Å². The van der Waals surface area contributed by atoms with E-state index in [9.17, 15) is 0 Å². The Morgan fingerprint density at radius 1 is 1.25 bits per heavy atom. The predicted molar refractivity (Wildman–Crippen MR) is 89.6 cm³/mol. The third kappa shape index (κ3) is 2.75. The first-order valence-corrected chi connectivity index (χ1v) is 8.66. The first-order valence-electron chi connectivity index (χ1n) is 7.87. The summed E-state index contributed by atoms with van der Waals surface area (Å²) in [7, 11) is 0. The lowest BCUT2D eigenvalue weighted by Gasteiger charge is -2.43. The molecule has 0 radical (unpaired) electrons. The molecular formula is C17H25BrN2. The standard InChI is InChI=1S/C17H25BrN2/c1-4-15-9-19-16(13-5-6-13)10-20(15)17-11(2)7-14(18)8-12(17)3/h7-8,13,15-16,19H,4-6,9-10H2,1-3H3. The van der Waals surface area contributed by atoms with Crippen molar-refractivity contribution >= 4 is 21.6 Å². The van der Waals surface area contributed by atoms with Crippen LogP contribution in [0.1, 0.15) is 37.3 Å². The first kappa shape index (κ1) is 14.4. The highest BCUT2D eigenvalue weighted by atomic mass is 79.9. The van der Waals surface area contributed by atoms with Crippen LogP contribution in [-0.2, 0) is 0 Å². The summed E-state index contributed by atoms with van der Waals surface area (Å²) in [4.78, 5) is 2.68. The molecule has 20 heavy (non-hydrogen) atoms. The van der Waals surface area contributed by atoms with E-state index in [0.717, 1.165) is 12.5 Å². The number of hydrogen-bond acceptors (Lipinski definition) is 2. The average molecular weight is 337 g/mol. The van der Waals surface area contributed by atoms with Crippen molar-refractivity contribution in [3.05, 3.63) is 27.7 Å². The van der Waals surface area contributed by atoms with Gasteiger partial charge in [-0.25, -0.2) is 0 Å². The van der Waals surface area contributed by atoms with E-state index in [4.69, 9.17) is 0 Å². The summed E-state index contributed by atoms with van der Waals surface area (Å²) in [6.07, 6.45) is 4.04. The van der Waals surface area contributed by atoms with Crippen LogP contribution in [0.15, 0.2) is 16.6 Å². The SMILES string of the molecule is CCC1CNC(C2CC2)CN1c1c(C)cc(Br)cc1C. The Labute approximate surface area is 131 Å². The van der Waals surface area contributed by atoms with E-state index >= 15 is 0 Å². The molecule has 1 saturated carbocycles. The number of nitrogens with one attached hydrogen (secondary N) is 1.